The first-order chi connectivity index (χ1) is 10.1. The summed E-state index contributed by atoms with van der Waals surface area (Å²) in [4.78, 5) is 26.6. The first-order valence-electron chi connectivity index (χ1n) is 7.08. The number of hydrogen-bond acceptors (Lipinski definition) is 3. The summed E-state index contributed by atoms with van der Waals surface area (Å²) < 4.78 is 5.04. The van der Waals surface area contributed by atoms with E-state index in [1.54, 1.807) is 6.20 Å². The first-order valence-corrected chi connectivity index (χ1v) is 7.08. The van der Waals surface area contributed by atoms with Crippen LogP contribution >= 0.6 is 0 Å². The van der Waals surface area contributed by atoms with Gasteiger partial charge in [0, 0.05) is 23.6 Å². The summed E-state index contributed by atoms with van der Waals surface area (Å²) in [5.41, 5.74) is 1.31. The van der Waals surface area contributed by atoms with E-state index in [1.807, 2.05) is 24.3 Å². The van der Waals surface area contributed by atoms with Gasteiger partial charge in [-0.15, -0.1) is 0 Å². The normalized spacial score (nSPS) is 10.8. The number of fused-ring (bicyclic) bond motifs is 1. The Morgan fingerprint density at radius 2 is 2.05 bits per heavy atom. The number of H-pyrrole nitrogens is 1. The van der Waals surface area contributed by atoms with Gasteiger partial charge in [-0.25, -0.2) is 4.79 Å². The Labute approximate surface area is 123 Å². The molecule has 1 amide bonds. The van der Waals surface area contributed by atoms with E-state index in [0.29, 0.717) is 18.0 Å². The minimum Gasteiger partial charge on any atom is -0.452 e. The fourth-order valence-corrected chi connectivity index (χ4v) is 2.00. The lowest BCUT2D eigenvalue weighted by molar-refractivity contribution is -0.124. The number of aromatic amines is 1. The second-order valence-electron chi connectivity index (χ2n) is 5.36. The lowest BCUT2D eigenvalue weighted by atomic mass is 10.1. The molecule has 5 heteroatoms. The third-order valence-electron chi connectivity index (χ3n) is 3.19. The third kappa shape index (κ3) is 4.08. The van der Waals surface area contributed by atoms with Crippen LogP contribution in [0, 0.1) is 5.92 Å². The van der Waals surface area contributed by atoms with Crippen molar-refractivity contribution in [2.75, 3.05) is 13.2 Å². The Bertz CT molecular complexity index is 631. The Balaban J connectivity index is 1.86. The summed E-state index contributed by atoms with van der Waals surface area (Å²) in [5.74, 6) is -0.241. The fourth-order valence-electron chi connectivity index (χ4n) is 2.00. The summed E-state index contributed by atoms with van der Waals surface area (Å²) in [5, 5.41) is 3.52. The largest absolute Gasteiger partial charge is 0.452 e. The van der Waals surface area contributed by atoms with Gasteiger partial charge in [0.25, 0.3) is 5.91 Å². The average molecular weight is 288 g/mol. The minimum absolute atomic E-state index is 0.254. The van der Waals surface area contributed by atoms with E-state index < -0.39 is 5.97 Å². The molecule has 0 spiro atoms. The SMILES string of the molecule is CC(C)CCNC(=O)COC(=O)c1c[nH]c2ccccc12. The maximum atomic E-state index is 12.0. The second-order valence-corrected chi connectivity index (χ2v) is 5.36. The number of esters is 1. The molecule has 0 aliphatic carbocycles. The maximum Gasteiger partial charge on any atom is 0.340 e. The van der Waals surface area contributed by atoms with Crippen LogP contribution in [0.1, 0.15) is 30.6 Å². The van der Waals surface area contributed by atoms with E-state index in [1.165, 1.54) is 0 Å². The smallest absolute Gasteiger partial charge is 0.340 e. The van der Waals surface area contributed by atoms with Crippen molar-refractivity contribution in [3.8, 4) is 0 Å². The van der Waals surface area contributed by atoms with E-state index in [9.17, 15) is 9.59 Å². The van der Waals surface area contributed by atoms with Crippen molar-refractivity contribution in [3.63, 3.8) is 0 Å². The molecule has 1 aromatic carbocycles. The van der Waals surface area contributed by atoms with Crippen molar-refractivity contribution in [1.82, 2.24) is 10.3 Å². The molecule has 21 heavy (non-hydrogen) atoms. The monoisotopic (exact) mass is 288 g/mol. The molecular weight excluding hydrogens is 268 g/mol. The van der Waals surface area contributed by atoms with Crippen LogP contribution in [0.15, 0.2) is 30.5 Å². The van der Waals surface area contributed by atoms with Crippen LogP contribution in [0.2, 0.25) is 0 Å². The summed E-state index contributed by atoms with van der Waals surface area (Å²) in [6, 6.07) is 7.46. The molecule has 1 heterocycles. The van der Waals surface area contributed by atoms with Crippen LogP contribution < -0.4 is 5.32 Å². The number of carbonyl (C=O) groups is 2. The zero-order valence-corrected chi connectivity index (χ0v) is 12.3. The van der Waals surface area contributed by atoms with Crippen LogP contribution in [0.25, 0.3) is 10.9 Å². The molecular formula is C16H20N2O3. The summed E-state index contributed by atoms with van der Waals surface area (Å²) in [7, 11) is 0. The summed E-state index contributed by atoms with van der Waals surface area (Å²) >= 11 is 0. The lowest BCUT2D eigenvalue weighted by Crippen LogP contribution is -2.30. The van der Waals surface area contributed by atoms with Gasteiger partial charge in [0.1, 0.15) is 0 Å². The number of amides is 1. The van der Waals surface area contributed by atoms with Crippen LogP contribution in [0.4, 0.5) is 0 Å². The topological polar surface area (TPSA) is 71.2 Å². The van der Waals surface area contributed by atoms with Gasteiger partial charge in [-0.1, -0.05) is 32.0 Å². The van der Waals surface area contributed by atoms with Gasteiger partial charge in [-0.2, -0.15) is 0 Å². The number of aromatic nitrogens is 1. The number of nitrogens with one attached hydrogen (secondary N) is 2. The van der Waals surface area contributed by atoms with E-state index in [0.717, 1.165) is 17.3 Å². The van der Waals surface area contributed by atoms with E-state index >= 15 is 0 Å². The third-order valence-corrected chi connectivity index (χ3v) is 3.19. The second kappa shape index (κ2) is 6.92. The van der Waals surface area contributed by atoms with E-state index in [-0.39, 0.29) is 12.5 Å². The highest BCUT2D eigenvalue weighted by Gasteiger charge is 2.14. The Morgan fingerprint density at radius 3 is 2.81 bits per heavy atom. The van der Waals surface area contributed by atoms with Crippen LogP contribution in [-0.2, 0) is 9.53 Å². The zero-order chi connectivity index (χ0) is 15.2. The Kier molecular flexibility index (Phi) is 4.98. The number of benzene rings is 1. The predicted molar refractivity (Wildman–Crippen MR) is 81.0 cm³/mol. The van der Waals surface area contributed by atoms with Crippen LogP contribution in [0.3, 0.4) is 0 Å². The predicted octanol–water partition coefficient (Wildman–Crippen LogP) is 2.49. The highest BCUT2D eigenvalue weighted by Crippen LogP contribution is 2.18. The van der Waals surface area contributed by atoms with Gasteiger partial charge in [0.2, 0.25) is 0 Å². The van der Waals surface area contributed by atoms with Gasteiger partial charge in [0.05, 0.1) is 5.56 Å². The van der Waals surface area contributed by atoms with Crippen molar-refractivity contribution in [1.29, 1.82) is 0 Å². The Morgan fingerprint density at radius 1 is 1.29 bits per heavy atom. The van der Waals surface area contributed by atoms with Crippen molar-refractivity contribution < 1.29 is 14.3 Å². The van der Waals surface area contributed by atoms with E-state index in [2.05, 4.69) is 24.1 Å². The van der Waals surface area contributed by atoms with Crippen molar-refractivity contribution >= 4 is 22.8 Å². The maximum absolute atomic E-state index is 12.0. The van der Waals surface area contributed by atoms with Crippen molar-refractivity contribution in [2.24, 2.45) is 5.92 Å². The highest BCUT2D eigenvalue weighted by atomic mass is 16.5. The molecule has 0 bridgehead atoms. The van der Waals surface area contributed by atoms with Crippen molar-refractivity contribution in [2.45, 2.75) is 20.3 Å². The zero-order valence-electron chi connectivity index (χ0n) is 12.3. The molecule has 0 unspecified atom stereocenters. The molecule has 0 radical (unpaired) electrons. The molecule has 2 N–H and O–H groups in total. The minimum atomic E-state index is -0.494. The van der Waals surface area contributed by atoms with E-state index in [4.69, 9.17) is 4.74 Å². The number of carbonyl (C=O) groups excluding carboxylic acids is 2. The molecule has 0 aliphatic heterocycles. The number of rotatable bonds is 6. The molecule has 2 rings (SSSR count). The highest BCUT2D eigenvalue weighted by molar-refractivity contribution is 6.04. The average Bonchev–Trinajstić information content (AvgIpc) is 2.88. The first kappa shape index (κ1) is 15.1. The van der Waals surface area contributed by atoms with Crippen molar-refractivity contribution in [3.05, 3.63) is 36.0 Å². The molecule has 5 nitrogen and oxygen atoms in total. The fraction of sp³-hybridized carbons (Fsp3) is 0.375. The molecule has 112 valence electrons. The molecule has 0 atom stereocenters. The molecule has 2 aromatic rings. The van der Waals surface area contributed by atoms with Gasteiger partial charge in [0.15, 0.2) is 6.61 Å². The summed E-state index contributed by atoms with van der Waals surface area (Å²) in [6.45, 7) is 4.52. The van der Waals surface area contributed by atoms with Crippen LogP contribution in [0.5, 0.6) is 0 Å². The molecule has 0 aliphatic rings. The quantitative estimate of drug-likeness (QED) is 0.802. The number of para-hydroxylation sites is 1. The van der Waals surface area contributed by atoms with Gasteiger partial charge in [-0.3, -0.25) is 4.79 Å². The lowest BCUT2D eigenvalue weighted by Gasteiger charge is -2.07. The number of ether oxygens (including phenoxy) is 1. The summed E-state index contributed by atoms with van der Waals surface area (Å²) in [6.07, 6.45) is 2.51. The number of hydrogen-bond donors (Lipinski definition) is 2. The molecule has 1 aromatic heterocycles. The molecule has 0 saturated carbocycles. The van der Waals surface area contributed by atoms with Gasteiger partial charge < -0.3 is 15.0 Å². The molecule has 0 fully saturated rings. The standard InChI is InChI=1S/C16H20N2O3/c1-11(2)7-8-17-15(19)10-21-16(20)13-9-18-14-6-4-3-5-12(13)14/h3-6,9,11,18H,7-8,10H2,1-2H3,(H,17,19). The van der Waals surface area contributed by atoms with Gasteiger partial charge in [-0.05, 0) is 18.4 Å². The Hall–Kier alpha value is -2.30. The van der Waals surface area contributed by atoms with Crippen LogP contribution in [-0.4, -0.2) is 30.0 Å². The molecule has 0 saturated heterocycles. The van der Waals surface area contributed by atoms with Gasteiger partial charge >= 0.3 is 5.97 Å².